The molecule has 0 aliphatic rings. The van der Waals surface area contributed by atoms with E-state index in [2.05, 4.69) is 5.32 Å². The number of carboxylic acids is 1. The Kier molecular flexibility index (Phi) is 5.70. The van der Waals surface area contributed by atoms with Crippen LogP contribution in [0.2, 0.25) is 0 Å². The van der Waals surface area contributed by atoms with E-state index in [0.29, 0.717) is 19.3 Å². The molecule has 0 aromatic heterocycles. The van der Waals surface area contributed by atoms with Crippen LogP contribution in [0.4, 0.5) is 0 Å². The van der Waals surface area contributed by atoms with E-state index in [-0.39, 0.29) is 12.5 Å². The van der Waals surface area contributed by atoms with E-state index in [9.17, 15) is 9.59 Å². The van der Waals surface area contributed by atoms with Crippen LogP contribution in [0.5, 0.6) is 5.75 Å². The highest BCUT2D eigenvalue weighted by Crippen LogP contribution is 2.15. The summed E-state index contributed by atoms with van der Waals surface area (Å²) in [6.07, 6.45) is 1.64. The number of carbonyl (C=O) groups is 2. The van der Waals surface area contributed by atoms with Crippen molar-refractivity contribution < 1.29 is 19.4 Å². The van der Waals surface area contributed by atoms with E-state index >= 15 is 0 Å². The minimum absolute atomic E-state index is 0.0372. The van der Waals surface area contributed by atoms with Gasteiger partial charge >= 0.3 is 5.97 Å². The first-order valence-electron chi connectivity index (χ1n) is 5.70. The molecule has 0 saturated heterocycles. The van der Waals surface area contributed by atoms with E-state index < -0.39 is 5.97 Å². The summed E-state index contributed by atoms with van der Waals surface area (Å²) in [6.45, 7) is 0. The van der Waals surface area contributed by atoms with Gasteiger partial charge in [-0.1, -0.05) is 12.1 Å². The summed E-state index contributed by atoms with van der Waals surface area (Å²) in [4.78, 5) is 21.0. The highest BCUT2D eigenvalue weighted by Gasteiger charge is 2.11. The number of benzene rings is 1. The molecular formula is C13H17NO4. The minimum Gasteiger partial charge on any atom is -0.497 e. The standard InChI is InChI=1S/C13H17NO4/c1-18-12-4-2-3-10(8-12)7-11(14-9-15)5-6-13(16)17/h2-4,8-9,11H,5-7H2,1H3,(H,14,15)(H,16,17). The van der Waals surface area contributed by atoms with Crippen molar-refractivity contribution in [3.05, 3.63) is 29.8 Å². The van der Waals surface area contributed by atoms with E-state index in [1.165, 1.54) is 0 Å². The number of carbonyl (C=O) groups excluding carboxylic acids is 1. The molecule has 0 fully saturated rings. The van der Waals surface area contributed by atoms with Gasteiger partial charge in [-0.05, 0) is 30.5 Å². The molecule has 1 unspecified atom stereocenters. The number of ether oxygens (including phenoxy) is 1. The molecule has 0 spiro atoms. The van der Waals surface area contributed by atoms with Crippen molar-refractivity contribution in [2.45, 2.75) is 25.3 Å². The van der Waals surface area contributed by atoms with Crippen LogP contribution < -0.4 is 10.1 Å². The maximum Gasteiger partial charge on any atom is 0.303 e. The van der Waals surface area contributed by atoms with Gasteiger partial charge in [0.15, 0.2) is 0 Å². The Morgan fingerprint density at radius 1 is 1.56 bits per heavy atom. The molecule has 5 nitrogen and oxygen atoms in total. The average Bonchev–Trinajstić information content (AvgIpc) is 2.36. The number of methoxy groups -OCH3 is 1. The lowest BCUT2D eigenvalue weighted by Crippen LogP contribution is -2.30. The van der Waals surface area contributed by atoms with Crippen LogP contribution in [-0.2, 0) is 16.0 Å². The predicted octanol–water partition coefficient (Wildman–Crippen LogP) is 1.22. The molecule has 5 heteroatoms. The number of hydrogen-bond donors (Lipinski definition) is 2. The smallest absolute Gasteiger partial charge is 0.303 e. The highest BCUT2D eigenvalue weighted by molar-refractivity contribution is 5.66. The summed E-state index contributed by atoms with van der Waals surface area (Å²) in [5.41, 5.74) is 0.999. The second kappa shape index (κ2) is 7.32. The third-order valence-corrected chi connectivity index (χ3v) is 2.63. The first-order chi connectivity index (χ1) is 8.65. The molecule has 1 rings (SSSR count). The largest absolute Gasteiger partial charge is 0.497 e. The number of nitrogens with one attached hydrogen (secondary N) is 1. The molecule has 0 radical (unpaired) electrons. The molecule has 1 amide bonds. The number of amides is 1. The zero-order chi connectivity index (χ0) is 13.4. The first-order valence-corrected chi connectivity index (χ1v) is 5.70. The monoisotopic (exact) mass is 251 g/mol. The fourth-order valence-electron chi connectivity index (χ4n) is 1.72. The molecule has 2 N–H and O–H groups in total. The zero-order valence-electron chi connectivity index (χ0n) is 10.3. The van der Waals surface area contributed by atoms with Gasteiger partial charge in [-0.15, -0.1) is 0 Å². The lowest BCUT2D eigenvalue weighted by molar-refractivity contribution is -0.137. The quantitative estimate of drug-likeness (QED) is 0.681. The third-order valence-electron chi connectivity index (χ3n) is 2.63. The second-order valence-corrected chi connectivity index (χ2v) is 3.97. The van der Waals surface area contributed by atoms with E-state index in [1.807, 2.05) is 24.3 Å². The first kappa shape index (κ1) is 14.0. The van der Waals surface area contributed by atoms with Crippen molar-refractivity contribution in [1.29, 1.82) is 0 Å². The lowest BCUT2D eigenvalue weighted by Gasteiger charge is -2.15. The Hall–Kier alpha value is -2.04. The number of hydrogen-bond acceptors (Lipinski definition) is 3. The molecule has 0 heterocycles. The maximum absolute atomic E-state index is 10.5. The van der Waals surface area contributed by atoms with Crippen molar-refractivity contribution in [3.63, 3.8) is 0 Å². The summed E-state index contributed by atoms with van der Waals surface area (Å²) < 4.78 is 5.11. The summed E-state index contributed by atoms with van der Waals surface area (Å²) >= 11 is 0. The fourth-order valence-corrected chi connectivity index (χ4v) is 1.72. The van der Waals surface area contributed by atoms with Crippen molar-refractivity contribution in [1.82, 2.24) is 5.32 Å². The summed E-state index contributed by atoms with van der Waals surface area (Å²) in [6, 6.07) is 7.32. The van der Waals surface area contributed by atoms with Gasteiger partial charge in [0.1, 0.15) is 5.75 Å². The summed E-state index contributed by atoms with van der Waals surface area (Å²) in [5, 5.41) is 11.3. The Labute approximate surface area is 106 Å². The molecule has 18 heavy (non-hydrogen) atoms. The number of carboxylic acid groups (broad SMARTS) is 1. The van der Waals surface area contributed by atoms with Crippen LogP contribution in [0.25, 0.3) is 0 Å². The summed E-state index contributed by atoms with van der Waals surface area (Å²) in [5.74, 6) is -0.117. The van der Waals surface area contributed by atoms with Gasteiger partial charge in [-0.25, -0.2) is 0 Å². The molecule has 0 bridgehead atoms. The topological polar surface area (TPSA) is 75.6 Å². The fraction of sp³-hybridized carbons (Fsp3) is 0.385. The Morgan fingerprint density at radius 2 is 2.33 bits per heavy atom. The molecule has 0 saturated carbocycles. The van der Waals surface area contributed by atoms with Crippen LogP contribution >= 0.6 is 0 Å². The van der Waals surface area contributed by atoms with Gasteiger partial charge in [-0.2, -0.15) is 0 Å². The van der Waals surface area contributed by atoms with Crippen LogP contribution in [0.3, 0.4) is 0 Å². The molecule has 1 aromatic rings. The molecule has 0 aliphatic heterocycles. The Balaban J connectivity index is 2.63. The second-order valence-electron chi connectivity index (χ2n) is 3.97. The van der Waals surface area contributed by atoms with Crippen LogP contribution in [0, 0.1) is 0 Å². The molecule has 1 atom stereocenters. The Bertz CT molecular complexity index is 406. The average molecular weight is 251 g/mol. The van der Waals surface area contributed by atoms with Crippen molar-refractivity contribution in [2.75, 3.05) is 7.11 Å². The molecule has 1 aromatic carbocycles. The van der Waals surface area contributed by atoms with Gasteiger partial charge < -0.3 is 15.2 Å². The predicted molar refractivity (Wildman–Crippen MR) is 66.6 cm³/mol. The molecule has 0 aliphatic carbocycles. The van der Waals surface area contributed by atoms with Gasteiger partial charge in [0.05, 0.1) is 7.11 Å². The van der Waals surface area contributed by atoms with Crippen molar-refractivity contribution in [3.8, 4) is 5.75 Å². The van der Waals surface area contributed by atoms with E-state index in [1.54, 1.807) is 7.11 Å². The van der Waals surface area contributed by atoms with Gasteiger partial charge in [0.2, 0.25) is 6.41 Å². The third kappa shape index (κ3) is 4.86. The van der Waals surface area contributed by atoms with Crippen molar-refractivity contribution in [2.24, 2.45) is 0 Å². The number of aliphatic carboxylic acids is 1. The van der Waals surface area contributed by atoms with E-state index in [4.69, 9.17) is 9.84 Å². The zero-order valence-corrected chi connectivity index (χ0v) is 10.3. The highest BCUT2D eigenvalue weighted by atomic mass is 16.5. The maximum atomic E-state index is 10.5. The van der Waals surface area contributed by atoms with Gasteiger partial charge in [0.25, 0.3) is 0 Å². The van der Waals surface area contributed by atoms with Gasteiger partial charge in [0, 0.05) is 12.5 Å². The van der Waals surface area contributed by atoms with Crippen LogP contribution in [0.15, 0.2) is 24.3 Å². The van der Waals surface area contributed by atoms with E-state index in [0.717, 1.165) is 11.3 Å². The SMILES string of the molecule is COc1cccc(CC(CCC(=O)O)NC=O)c1. The molecule has 98 valence electrons. The Morgan fingerprint density at radius 3 is 2.94 bits per heavy atom. The summed E-state index contributed by atoms with van der Waals surface area (Å²) in [7, 11) is 1.59. The minimum atomic E-state index is -0.863. The normalized spacial score (nSPS) is 11.6. The lowest BCUT2D eigenvalue weighted by atomic mass is 10.0. The van der Waals surface area contributed by atoms with Crippen molar-refractivity contribution >= 4 is 12.4 Å². The molecular weight excluding hydrogens is 234 g/mol. The van der Waals surface area contributed by atoms with Crippen LogP contribution in [-0.4, -0.2) is 30.6 Å². The van der Waals surface area contributed by atoms with Crippen LogP contribution in [0.1, 0.15) is 18.4 Å². The van der Waals surface area contributed by atoms with Gasteiger partial charge in [-0.3, -0.25) is 9.59 Å². The number of rotatable bonds is 8.